The molecule has 16 nitrogen and oxygen atoms in total. The molecule has 3 saturated heterocycles. The Morgan fingerprint density at radius 3 is 2.19 bits per heavy atom. The number of amides is 5. The molecule has 0 bridgehead atoms. The minimum atomic E-state index is -3.01. The van der Waals surface area contributed by atoms with Crippen LogP contribution in [0.2, 0.25) is 0 Å². The highest BCUT2D eigenvalue weighted by molar-refractivity contribution is 6.17. The minimum Gasteiger partial charge on any atom is -0.495 e. The van der Waals surface area contributed by atoms with Crippen molar-refractivity contribution in [1.29, 1.82) is 0 Å². The summed E-state index contributed by atoms with van der Waals surface area (Å²) in [5, 5.41) is 11.6. The molecule has 1 saturated carbocycles. The molecule has 2 atom stereocenters. The van der Waals surface area contributed by atoms with Gasteiger partial charge in [-0.2, -0.15) is 0 Å². The first-order valence-electron chi connectivity index (χ1n) is 24.1. The molecular formula is C52H53F4N9O7. The predicted octanol–water partition coefficient (Wildman–Crippen LogP) is 6.62. The van der Waals surface area contributed by atoms with Gasteiger partial charge >= 0.3 is 0 Å². The number of hydrogen-bond donors (Lipinski definition) is 4. The van der Waals surface area contributed by atoms with E-state index in [9.17, 15) is 28.4 Å². The molecule has 72 heavy (non-hydrogen) atoms. The fraction of sp³-hybridized carbons (Fsp3) is 0.385. The second-order valence-electron chi connectivity index (χ2n) is 19.1. The summed E-state index contributed by atoms with van der Waals surface area (Å²) in [5.74, 6) is -5.74. The van der Waals surface area contributed by atoms with E-state index in [1.807, 2.05) is 0 Å². The molecule has 4 N–H and O–H groups in total. The first-order chi connectivity index (χ1) is 34.7. The summed E-state index contributed by atoms with van der Waals surface area (Å²) in [5.41, 5.74) is 1.65. The normalized spacial score (nSPS) is 20.7. The van der Waals surface area contributed by atoms with Gasteiger partial charge in [0.25, 0.3) is 11.8 Å². The van der Waals surface area contributed by atoms with Crippen LogP contribution >= 0.6 is 0 Å². The Labute approximate surface area is 412 Å². The van der Waals surface area contributed by atoms with E-state index in [1.165, 1.54) is 48.4 Å². The van der Waals surface area contributed by atoms with Gasteiger partial charge in [0.05, 0.1) is 30.5 Å². The van der Waals surface area contributed by atoms with Crippen molar-refractivity contribution < 1.29 is 51.0 Å². The van der Waals surface area contributed by atoms with Crippen LogP contribution in [0, 0.1) is 23.0 Å². The molecule has 0 radical (unpaired) electrons. The third-order valence-corrected chi connectivity index (χ3v) is 14.5. The van der Waals surface area contributed by atoms with Crippen LogP contribution in [0.5, 0.6) is 17.2 Å². The smallest absolute Gasteiger partial charge is 0.269 e. The standard InChI is InChI=1S/C52H53F4N9O7/c1-71-44-26-37-40(57-18-14-43(37)72-35-8-6-34(7-9-35)60-50(70)51(16-17-51)49(69)59-33-4-2-32(53)3-5-33)27-42(44)64-20-15-31(52(55,56)30-64)28-63-24-22-62(23-25-63)21-19-58-46-38-29-65(41-12-13-45(66)61-47(41)67)48(68)36(38)10-11-39(46)54/h2-11,14,18,26-27,31,41,58H,12-13,15-17,19-25,28-30H2,1H3,(H,59,69)(H,60,70)(H,61,66,67)/t31?,41-/m0/s1. The van der Waals surface area contributed by atoms with E-state index in [0.29, 0.717) is 115 Å². The first-order valence-corrected chi connectivity index (χ1v) is 24.1. The number of carbonyl (C=O) groups excluding carboxylic acids is 5. The van der Waals surface area contributed by atoms with E-state index in [0.717, 1.165) is 0 Å². The maximum atomic E-state index is 16.1. The lowest BCUT2D eigenvalue weighted by molar-refractivity contribution is -0.137. The topological polar surface area (TPSA) is 178 Å². The Bertz CT molecular complexity index is 2930. The Morgan fingerprint density at radius 1 is 0.833 bits per heavy atom. The number of rotatable bonds is 15. The van der Waals surface area contributed by atoms with Gasteiger partial charge in [-0.15, -0.1) is 0 Å². The maximum Gasteiger partial charge on any atom is 0.269 e. The van der Waals surface area contributed by atoms with Crippen molar-refractivity contribution in [2.75, 3.05) is 86.9 Å². The average molecular weight is 992 g/mol. The first kappa shape index (κ1) is 48.3. The zero-order valence-electron chi connectivity index (χ0n) is 39.4. The fourth-order valence-corrected chi connectivity index (χ4v) is 10.2. The number of hydrogen-bond acceptors (Lipinski definition) is 12. The predicted molar refractivity (Wildman–Crippen MR) is 259 cm³/mol. The molecule has 1 unspecified atom stereocenters. The number of benzene rings is 4. The van der Waals surface area contributed by atoms with Crippen LogP contribution in [0.15, 0.2) is 85.1 Å². The van der Waals surface area contributed by atoms with Crippen molar-refractivity contribution in [3.05, 3.63) is 108 Å². The van der Waals surface area contributed by atoms with E-state index in [4.69, 9.17) is 9.47 Å². The Morgan fingerprint density at radius 2 is 1.53 bits per heavy atom. The molecule has 5 aromatic rings. The summed E-state index contributed by atoms with van der Waals surface area (Å²) in [4.78, 5) is 75.5. The lowest BCUT2D eigenvalue weighted by Gasteiger charge is -2.43. The number of aromatic nitrogens is 1. The molecular weight excluding hydrogens is 939 g/mol. The molecule has 1 aromatic heterocycles. The summed E-state index contributed by atoms with van der Waals surface area (Å²) in [6.45, 7) is 3.59. The maximum absolute atomic E-state index is 16.1. The SMILES string of the molecule is COc1cc2c(Oc3ccc(NC(=O)C4(C(=O)Nc5ccc(F)cc5)CC4)cc3)ccnc2cc1N1CCC(CN2CCN(CCNc3c(F)ccc4c3CN([C@H]3CCC(=O)NC3=O)C4=O)CC2)C(F)(F)C1. The number of nitrogens with one attached hydrogen (secondary N) is 4. The van der Waals surface area contributed by atoms with Crippen molar-refractivity contribution >= 4 is 63.2 Å². The number of piperidine rings is 2. The van der Waals surface area contributed by atoms with Crippen LogP contribution in [-0.4, -0.2) is 127 Å². The summed E-state index contributed by atoms with van der Waals surface area (Å²) in [6.07, 6.45) is 2.92. The molecule has 4 fully saturated rings. The zero-order chi connectivity index (χ0) is 50.3. The van der Waals surface area contributed by atoms with Gasteiger partial charge in [-0.3, -0.25) is 39.2 Å². The number of piperazine rings is 1. The zero-order valence-corrected chi connectivity index (χ0v) is 39.4. The second-order valence-corrected chi connectivity index (χ2v) is 19.1. The van der Waals surface area contributed by atoms with E-state index < -0.39 is 59.2 Å². The van der Waals surface area contributed by atoms with Gasteiger partial charge in [0.15, 0.2) is 0 Å². The molecule has 0 spiro atoms. The van der Waals surface area contributed by atoms with Crippen LogP contribution in [0.3, 0.4) is 0 Å². The number of fused-ring (bicyclic) bond motifs is 2. The molecule has 1 aliphatic carbocycles. The van der Waals surface area contributed by atoms with Gasteiger partial charge in [-0.25, -0.2) is 17.6 Å². The third-order valence-electron chi connectivity index (χ3n) is 14.5. The number of carbonyl (C=O) groups is 5. The molecule has 4 aromatic carbocycles. The molecule has 4 aliphatic heterocycles. The highest BCUT2D eigenvalue weighted by Gasteiger charge is 2.56. The van der Waals surface area contributed by atoms with E-state index >= 15 is 13.2 Å². The van der Waals surface area contributed by atoms with Gasteiger partial charge in [-0.05, 0) is 105 Å². The van der Waals surface area contributed by atoms with Crippen LogP contribution in [0.4, 0.5) is 40.3 Å². The number of methoxy groups -OCH3 is 1. The lowest BCUT2D eigenvalue weighted by Crippen LogP contribution is -2.55. The average Bonchev–Trinajstić information content (AvgIpc) is 4.12. The van der Waals surface area contributed by atoms with Gasteiger partial charge in [0, 0.05) is 105 Å². The Hall–Kier alpha value is -7.32. The van der Waals surface area contributed by atoms with E-state index in [1.54, 1.807) is 53.6 Å². The molecule has 5 heterocycles. The van der Waals surface area contributed by atoms with Crippen molar-refractivity contribution in [2.45, 2.75) is 50.6 Å². The highest BCUT2D eigenvalue weighted by Crippen LogP contribution is 2.48. The van der Waals surface area contributed by atoms with Crippen molar-refractivity contribution in [3.63, 3.8) is 0 Å². The van der Waals surface area contributed by atoms with Gasteiger partial charge in [0.1, 0.15) is 40.3 Å². The summed E-state index contributed by atoms with van der Waals surface area (Å²) >= 11 is 0. The molecule has 10 rings (SSSR count). The summed E-state index contributed by atoms with van der Waals surface area (Å²) < 4.78 is 72.7. The number of imide groups is 1. The molecule has 5 aliphatic rings. The minimum absolute atomic E-state index is 0.0479. The molecule has 376 valence electrons. The highest BCUT2D eigenvalue weighted by atomic mass is 19.3. The third kappa shape index (κ3) is 9.84. The number of halogens is 4. The monoisotopic (exact) mass is 991 g/mol. The Kier molecular flexibility index (Phi) is 13.2. The second kappa shape index (κ2) is 19.7. The van der Waals surface area contributed by atoms with Gasteiger partial charge < -0.3 is 40.1 Å². The van der Waals surface area contributed by atoms with Crippen LogP contribution in [-0.2, 0) is 25.7 Å². The van der Waals surface area contributed by atoms with E-state index in [-0.39, 0.29) is 49.9 Å². The number of alkyl halides is 2. The summed E-state index contributed by atoms with van der Waals surface area (Å²) in [7, 11) is 1.49. The van der Waals surface area contributed by atoms with Crippen LogP contribution in [0.25, 0.3) is 10.9 Å². The van der Waals surface area contributed by atoms with Crippen molar-refractivity contribution in [1.82, 2.24) is 25.0 Å². The lowest BCUT2D eigenvalue weighted by atomic mass is 9.91. The molecule has 20 heteroatoms. The van der Waals surface area contributed by atoms with Gasteiger partial charge in [0.2, 0.25) is 23.6 Å². The number of nitrogens with zero attached hydrogens (tertiary/aromatic N) is 5. The Balaban J connectivity index is 0.706. The number of pyridine rings is 1. The largest absolute Gasteiger partial charge is 0.495 e. The molecule has 5 amide bonds. The van der Waals surface area contributed by atoms with Gasteiger partial charge in [-0.1, -0.05) is 0 Å². The van der Waals surface area contributed by atoms with E-state index in [2.05, 4.69) is 36.1 Å². The van der Waals surface area contributed by atoms with Crippen molar-refractivity contribution in [2.24, 2.45) is 11.3 Å². The summed E-state index contributed by atoms with van der Waals surface area (Å²) in [6, 6.07) is 19.0. The fourth-order valence-electron chi connectivity index (χ4n) is 10.2. The quantitative estimate of drug-likeness (QED) is 0.0502. The number of ether oxygens (including phenoxy) is 2. The van der Waals surface area contributed by atoms with Crippen molar-refractivity contribution in [3.8, 4) is 17.2 Å². The van der Waals surface area contributed by atoms with Crippen LogP contribution < -0.4 is 35.6 Å². The van der Waals surface area contributed by atoms with Crippen LogP contribution in [0.1, 0.15) is 48.0 Å². The number of anilines is 4.